The van der Waals surface area contributed by atoms with E-state index in [1.165, 1.54) is 12.8 Å². The first-order valence-electron chi connectivity index (χ1n) is 9.50. The molecule has 0 aromatic heterocycles. The Morgan fingerprint density at radius 2 is 2.04 bits per heavy atom. The molecule has 2 saturated carbocycles. The molecule has 0 aliphatic heterocycles. The summed E-state index contributed by atoms with van der Waals surface area (Å²) in [5, 5.41) is 0. The molecule has 1 aromatic carbocycles. The largest absolute Gasteiger partial charge is 0.493 e. The fourth-order valence-electron chi connectivity index (χ4n) is 2.88. The highest BCUT2D eigenvalue weighted by molar-refractivity contribution is 5.92. The van der Waals surface area contributed by atoms with Crippen LogP contribution >= 0.6 is 0 Å². The normalized spacial score (nSPS) is 16.9. The maximum Gasteiger partial charge on any atom is 0.246 e. The molecule has 0 atom stereocenters. The van der Waals surface area contributed by atoms with E-state index < -0.39 is 0 Å². The summed E-state index contributed by atoms with van der Waals surface area (Å²) in [6.45, 7) is 3.76. The number of carbonyl (C=O) groups excluding carboxylic acids is 1. The van der Waals surface area contributed by atoms with Crippen molar-refractivity contribution >= 4 is 12.0 Å². The molecule has 2 aliphatic rings. The molecule has 1 amide bonds. The second kappa shape index (κ2) is 8.41. The van der Waals surface area contributed by atoms with E-state index in [9.17, 15) is 4.79 Å². The SMILES string of the molecule is CCCCOc1ccc(/C=C/C(=O)N(CC2CC2)C2CC2)cc1OC. The fraction of sp³-hybridized carbons (Fsp3) is 0.571. The zero-order chi connectivity index (χ0) is 17.6. The quantitative estimate of drug-likeness (QED) is 0.470. The third-order valence-electron chi connectivity index (χ3n) is 4.78. The van der Waals surface area contributed by atoms with Gasteiger partial charge in [-0.05, 0) is 61.8 Å². The third kappa shape index (κ3) is 5.25. The minimum atomic E-state index is 0.136. The van der Waals surface area contributed by atoms with Crippen molar-refractivity contribution in [3.8, 4) is 11.5 Å². The first kappa shape index (κ1) is 17.8. The van der Waals surface area contributed by atoms with Gasteiger partial charge in [0.1, 0.15) is 0 Å². The Bertz CT molecular complexity index is 618. The number of benzene rings is 1. The zero-order valence-corrected chi connectivity index (χ0v) is 15.4. The van der Waals surface area contributed by atoms with Crippen LogP contribution in [0.15, 0.2) is 24.3 Å². The average Bonchev–Trinajstić information content (AvgIpc) is 3.52. The Morgan fingerprint density at radius 1 is 1.24 bits per heavy atom. The summed E-state index contributed by atoms with van der Waals surface area (Å²) in [7, 11) is 1.64. The number of hydrogen-bond donors (Lipinski definition) is 0. The Labute approximate surface area is 150 Å². The lowest BCUT2D eigenvalue weighted by Gasteiger charge is -2.20. The van der Waals surface area contributed by atoms with Crippen molar-refractivity contribution < 1.29 is 14.3 Å². The fourth-order valence-corrected chi connectivity index (χ4v) is 2.88. The molecule has 25 heavy (non-hydrogen) atoms. The molecule has 1 aromatic rings. The summed E-state index contributed by atoms with van der Waals surface area (Å²) in [4.78, 5) is 14.6. The van der Waals surface area contributed by atoms with Gasteiger partial charge in [-0.2, -0.15) is 0 Å². The zero-order valence-electron chi connectivity index (χ0n) is 15.4. The molecule has 0 N–H and O–H groups in total. The van der Waals surface area contributed by atoms with Gasteiger partial charge in [-0.15, -0.1) is 0 Å². The smallest absolute Gasteiger partial charge is 0.246 e. The van der Waals surface area contributed by atoms with Crippen LogP contribution in [0.2, 0.25) is 0 Å². The molecule has 136 valence electrons. The van der Waals surface area contributed by atoms with Crippen molar-refractivity contribution in [1.29, 1.82) is 0 Å². The van der Waals surface area contributed by atoms with Crippen LogP contribution in [0, 0.1) is 5.92 Å². The summed E-state index contributed by atoms with van der Waals surface area (Å²) in [6, 6.07) is 6.28. The first-order chi connectivity index (χ1) is 12.2. The lowest BCUT2D eigenvalue weighted by Crippen LogP contribution is -2.33. The first-order valence-corrected chi connectivity index (χ1v) is 9.50. The van der Waals surface area contributed by atoms with Crippen LogP contribution in [0.1, 0.15) is 51.0 Å². The van der Waals surface area contributed by atoms with Crippen LogP contribution in [0.4, 0.5) is 0 Å². The van der Waals surface area contributed by atoms with E-state index in [4.69, 9.17) is 9.47 Å². The maximum absolute atomic E-state index is 12.5. The number of ether oxygens (including phenoxy) is 2. The molecule has 0 heterocycles. The molecule has 0 bridgehead atoms. The Hall–Kier alpha value is -1.97. The molecule has 0 unspecified atom stereocenters. The standard InChI is InChI=1S/C21H29NO3/c1-3-4-13-25-19-11-7-16(14-20(19)24-2)8-12-21(23)22(18-9-10-18)15-17-5-6-17/h7-8,11-12,14,17-18H,3-6,9-10,13,15H2,1-2H3/b12-8+. The van der Waals surface area contributed by atoms with Gasteiger partial charge in [0.05, 0.1) is 13.7 Å². The van der Waals surface area contributed by atoms with E-state index in [-0.39, 0.29) is 5.91 Å². The summed E-state index contributed by atoms with van der Waals surface area (Å²) < 4.78 is 11.2. The van der Waals surface area contributed by atoms with E-state index in [1.54, 1.807) is 13.2 Å². The minimum Gasteiger partial charge on any atom is -0.493 e. The lowest BCUT2D eigenvalue weighted by molar-refractivity contribution is -0.126. The summed E-state index contributed by atoms with van der Waals surface area (Å²) in [5.74, 6) is 2.34. The van der Waals surface area contributed by atoms with Gasteiger partial charge >= 0.3 is 0 Å². The Balaban J connectivity index is 1.62. The molecule has 3 rings (SSSR count). The molecule has 0 spiro atoms. The van der Waals surface area contributed by atoms with Crippen molar-refractivity contribution in [3.63, 3.8) is 0 Å². The highest BCUT2D eigenvalue weighted by atomic mass is 16.5. The Kier molecular flexibility index (Phi) is 6.00. The number of amides is 1. The van der Waals surface area contributed by atoms with E-state index in [1.807, 2.05) is 24.3 Å². The monoisotopic (exact) mass is 343 g/mol. The second-order valence-corrected chi connectivity index (χ2v) is 7.11. The van der Waals surface area contributed by atoms with Gasteiger partial charge in [-0.1, -0.05) is 19.4 Å². The van der Waals surface area contributed by atoms with Crippen molar-refractivity contribution in [3.05, 3.63) is 29.8 Å². The van der Waals surface area contributed by atoms with E-state index >= 15 is 0 Å². The van der Waals surface area contributed by atoms with E-state index in [2.05, 4.69) is 11.8 Å². The van der Waals surface area contributed by atoms with Gasteiger partial charge in [0.2, 0.25) is 5.91 Å². The van der Waals surface area contributed by atoms with Crippen LogP contribution in [0.5, 0.6) is 11.5 Å². The number of unbranched alkanes of at least 4 members (excludes halogenated alkanes) is 1. The molecular weight excluding hydrogens is 314 g/mol. The number of carbonyl (C=O) groups is 1. The number of rotatable bonds is 10. The molecule has 2 fully saturated rings. The van der Waals surface area contributed by atoms with Crippen LogP contribution in [-0.2, 0) is 4.79 Å². The molecule has 0 saturated heterocycles. The van der Waals surface area contributed by atoms with Gasteiger partial charge in [0.15, 0.2) is 11.5 Å². The highest BCUT2D eigenvalue weighted by Crippen LogP contribution is 2.35. The number of hydrogen-bond acceptors (Lipinski definition) is 3. The minimum absolute atomic E-state index is 0.136. The van der Waals surface area contributed by atoms with Crippen LogP contribution in [0.25, 0.3) is 6.08 Å². The number of nitrogens with zero attached hydrogens (tertiary/aromatic N) is 1. The summed E-state index contributed by atoms with van der Waals surface area (Å²) in [5.41, 5.74) is 0.954. The van der Waals surface area contributed by atoms with Gasteiger partial charge in [-0.25, -0.2) is 0 Å². The van der Waals surface area contributed by atoms with Crippen LogP contribution < -0.4 is 9.47 Å². The van der Waals surface area contributed by atoms with Crippen LogP contribution in [0.3, 0.4) is 0 Å². The lowest BCUT2D eigenvalue weighted by atomic mass is 10.2. The average molecular weight is 343 g/mol. The molecule has 2 aliphatic carbocycles. The van der Waals surface area contributed by atoms with E-state index in [0.29, 0.717) is 18.4 Å². The topological polar surface area (TPSA) is 38.8 Å². The second-order valence-electron chi connectivity index (χ2n) is 7.11. The third-order valence-corrected chi connectivity index (χ3v) is 4.78. The highest BCUT2D eigenvalue weighted by Gasteiger charge is 2.35. The molecule has 4 heteroatoms. The van der Waals surface area contributed by atoms with Gasteiger partial charge in [-0.3, -0.25) is 4.79 Å². The van der Waals surface area contributed by atoms with Crippen molar-refractivity contribution in [1.82, 2.24) is 4.90 Å². The predicted molar refractivity (Wildman–Crippen MR) is 99.9 cm³/mol. The molecule has 0 radical (unpaired) electrons. The molecular formula is C21H29NO3. The summed E-state index contributed by atoms with van der Waals surface area (Å²) >= 11 is 0. The predicted octanol–water partition coefficient (Wildman–Crippen LogP) is 4.29. The maximum atomic E-state index is 12.5. The van der Waals surface area contributed by atoms with E-state index in [0.717, 1.165) is 49.5 Å². The van der Waals surface area contributed by atoms with Gasteiger partial charge in [0, 0.05) is 18.7 Å². The Morgan fingerprint density at radius 3 is 2.68 bits per heavy atom. The van der Waals surface area contributed by atoms with Crippen molar-refractivity contribution in [2.75, 3.05) is 20.3 Å². The number of methoxy groups -OCH3 is 1. The van der Waals surface area contributed by atoms with Gasteiger partial charge in [0.25, 0.3) is 0 Å². The van der Waals surface area contributed by atoms with Crippen LogP contribution in [-0.4, -0.2) is 37.1 Å². The van der Waals surface area contributed by atoms with Gasteiger partial charge < -0.3 is 14.4 Å². The molecule has 4 nitrogen and oxygen atoms in total. The van der Waals surface area contributed by atoms with Crippen molar-refractivity contribution in [2.45, 2.75) is 51.5 Å². The van der Waals surface area contributed by atoms with Crippen molar-refractivity contribution in [2.24, 2.45) is 5.92 Å². The summed E-state index contributed by atoms with van der Waals surface area (Å²) in [6.07, 6.45) is 10.6.